The lowest BCUT2D eigenvalue weighted by Crippen LogP contribution is -2.52. The largest absolute Gasteiger partial charge is 0.496 e. The first-order valence-corrected chi connectivity index (χ1v) is 15.6. The van der Waals surface area contributed by atoms with Gasteiger partial charge >= 0.3 is 0 Å². The van der Waals surface area contributed by atoms with Crippen LogP contribution in [0.5, 0.6) is 23.0 Å². The van der Waals surface area contributed by atoms with Gasteiger partial charge in [0.1, 0.15) is 23.0 Å². The minimum Gasteiger partial charge on any atom is -0.496 e. The summed E-state index contributed by atoms with van der Waals surface area (Å²) in [5.74, 6) is 3.68. The summed E-state index contributed by atoms with van der Waals surface area (Å²) >= 11 is 0. The average molecular weight is 595 g/mol. The van der Waals surface area contributed by atoms with Crippen LogP contribution in [-0.2, 0) is 26.2 Å². The van der Waals surface area contributed by atoms with Crippen LogP contribution in [-0.4, -0.2) is 50.3 Å². The number of ether oxygens (including phenoxy) is 4. The van der Waals surface area contributed by atoms with E-state index in [0.29, 0.717) is 12.1 Å². The van der Waals surface area contributed by atoms with Gasteiger partial charge in [-0.3, -0.25) is 9.80 Å². The second kappa shape index (κ2) is 15.6. The van der Waals surface area contributed by atoms with E-state index in [0.717, 1.165) is 62.0 Å². The summed E-state index contributed by atoms with van der Waals surface area (Å²) in [7, 11) is 7.04. The number of hydrogen-bond acceptors (Lipinski definition) is 6. The molecule has 1 fully saturated rings. The third-order valence-corrected chi connectivity index (χ3v) is 8.90. The highest BCUT2D eigenvalue weighted by Gasteiger charge is 2.35. The molecule has 0 aliphatic heterocycles. The Hall–Kier alpha value is -4.00. The molecule has 0 heterocycles. The van der Waals surface area contributed by atoms with Crippen LogP contribution in [0, 0.1) is 0 Å². The third kappa shape index (κ3) is 7.55. The van der Waals surface area contributed by atoms with Crippen LogP contribution >= 0.6 is 0 Å². The van der Waals surface area contributed by atoms with E-state index < -0.39 is 0 Å². The molecule has 1 aliphatic carbocycles. The summed E-state index contributed by atoms with van der Waals surface area (Å²) < 4.78 is 23.3. The van der Waals surface area contributed by atoms with Crippen molar-refractivity contribution in [3.8, 4) is 23.0 Å². The molecule has 232 valence electrons. The Morgan fingerprint density at radius 1 is 0.432 bits per heavy atom. The van der Waals surface area contributed by atoms with Gasteiger partial charge < -0.3 is 18.9 Å². The van der Waals surface area contributed by atoms with E-state index in [1.807, 2.05) is 24.3 Å². The van der Waals surface area contributed by atoms with Crippen molar-refractivity contribution in [1.29, 1.82) is 0 Å². The fourth-order valence-corrected chi connectivity index (χ4v) is 6.73. The lowest BCUT2D eigenvalue weighted by atomic mass is 9.86. The van der Waals surface area contributed by atoms with Gasteiger partial charge in [-0.1, -0.05) is 85.6 Å². The molecule has 0 N–H and O–H groups in total. The molecule has 4 aromatic rings. The Labute approximate surface area is 263 Å². The van der Waals surface area contributed by atoms with Crippen molar-refractivity contribution in [3.05, 3.63) is 119 Å². The number of hydrogen-bond donors (Lipinski definition) is 0. The van der Waals surface area contributed by atoms with Crippen molar-refractivity contribution in [3.63, 3.8) is 0 Å². The van der Waals surface area contributed by atoms with E-state index in [4.69, 9.17) is 18.9 Å². The van der Waals surface area contributed by atoms with E-state index in [1.165, 1.54) is 35.1 Å². The SMILES string of the molecule is COc1ccccc1CN(Cc1ccccc1OC)[C@@H]1CCCC[C@H]1N(Cc1ccccc1OC)Cc1ccccc1OC. The van der Waals surface area contributed by atoms with Crippen LogP contribution in [0.4, 0.5) is 0 Å². The van der Waals surface area contributed by atoms with E-state index >= 15 is 0 Å². The van der Waals surface area contributed by atoms with E-state index in [9.17, 15) is 0 Å². The molecule has 0 aromatic heterocycles. The molecule has 5 rings (SSSR count). The van der Waals surface area contributed by atoms with Crippen molar-refractivity contribution in [2.24, 2.45) is 0 Å². The van der Waals surface area contributed by atoms with Crippen LogP contribution in [0.2, 0.25) is 0 Å². The van der Waals surface area contributed by atoms with Gasteiger partial charge in [0.15, 0.2) is 0 Å². The minimum absolute atomic E-state index is 0.308. The lowest BCUT2D eigenvalue weighted by Gasteiger charge is -2.46. The van der Waals surface area contributed by atoms with Crippen LogP contribution in [0.1, 0.15) is 47.9 Å². The van der Waals surface area contributed by atoms with Crippen LogP contribution in [0.15, 0.2) is 97.1 Å². The number of methoxy groups -OCH3 is 4. The molecule has 1 aliphatic rings. The first-order valence-electron chi connectivity index (χ1n) is 15.6. The summed E-state index contributed by atoms with van der Waals surface area (Å²) in [6.45, 7) is 3.11. The molecular weight excluding hydrogens is 548 g/mol. The molecule has 6 heteroatoms. The maximum absolute atomic E-state index is 5.82. The fraction of sp³-hybridized carbons (Fsp3) is 0.368. The lowest BCUT2D eigenvalue weighted by molar-refractivity contribution is 0.0283. The number of para-hydroxylation sites is 4. The van der Waals surface area contributed by atoms with E-state index in [2.05, 4.69) is 82.6 Å². The second-order valence-electron chi connectivity index (χ2n) is 11.5. The smallest absolute Gasteiger partial charge is 0.123 e. The molecule has 0 saturated heterocycles. The van der Waals surface area contributed by atoms with Crippen molar-refractivity contribution < 1.29 is 18.9 Å². The molecule has 0 amide bonds. The van der Waals surface area contributed by atoms with Gasteiger partial charge in [0.25, 0.3) is 0 Å². The molecule has 0 bridgehead atoms. The number of rotatable bonds is 14. The first-order chi connectivity index (χ1) is 21.6. The van der Waals surface area contributed by atoms with Crippen LogP contribution in [0.3, 0.4) is 0 Å². The highest BCUT2D eigenvalue weighted by Crippen LogP contribution is 2.35. The molecule has 0 spiro atoms. The highest BCUT2D eigenvalue weighted by atomic mass is 16.5. The molecule has 4 aromatic carbocycles. The summed E-state index contributed by atoms with van der Waals surface area (Å²) in [5.41, 5.74) is 4.76. The van der Waals surface area contributed by atoms with Gasteiger partial charge in [0.2, 0.25) is 0 Å². The third-order valence-electron chi connectivity index (χ3n) is 8.90. The zero-order chi connectivity index (χ0) is 30.7. The van der Waals surface area contributed by atoms with Crippen LogP contribution < -0.4 is 18.9 Å². The molecular formula is C38H46N2O4. The Balaban J connectivity index is 1.56. The van der Waals surface area contributed by atoms with Crippen molar-refractivity contribution >= 4 is 0 Å². The molecule has 0 radical (unpaired) electrons. The van der Waals surface area contributed by atoms with Gasteiger partial charge in [-0.25, -0.2) is 0 Å². The standard InChI is InChI=1S/C38H46N2O4/c1-41-35-21-11-5-15-29(35)25-39(26-30-16-6-12-22-36(30)42-2)33-19-9-10-20-34(33)40(27-31-17-7-13-23-37(31)43-3)28-32-18-8-14-24-38(32)44-4/h5-8,11-18,21-24,33-34H,9-10,19-20,25-28H2,1-4H3/t33-,34-/m1/s1. The number of benzene rings is 4. The predicted molar refractivity (Wildman–Crippen MR) is 177 cm³/mol. The van der Waals surface area contributed by atoms with E-state index in [1.54, 1.807) is 28.4 Å². The topological polar surface area (TPSA) is 43.4 Å². The fourth-order valence-electron chi connectivity index (χ4n) is 6.73. The van der Waals surface area contributed by atoms with E-state index in [-0.39, 0.29) is 0 Å². The molecule has 44 heavy (non-hydrogen) atoms. The molecule has 6 nitrogen and oxygen atoms in total. The Kier molecular flexibility index (Phi) is 11.2. The monoisotopic (exact) mass is 594 g/mol. The van der Waals surface area contributed by atoms with Gasteiger partial charge in [0, 0.05) is 60.5 Å². The summed E-state index contributed by atoms with van der Waals surface area (Å²) in [6, 6.07) is 34.2. The summed E-state index contributed by atoms with van der Waals surface area (Å²) in [4.78, 5) is 5.30. The van der Waals surface area contributed by atoms with Gasteiger partial charge in [0.05, 0.1) is 28.4 Å². The van der Waals surface area contributed by atoms with Crippen LogP contribution in [0.25, 0.3) is 0 Å². The molecule has 1 saturated carbocycles. The zero-order valence-corrected chi connectivity index (χ0v) is 26.6. The normalized spacial score (nSPS) is 16.6. The summed E-state index contributed by atoms with van der Waals surface area (Å²) in [5, 5.41) is 0. The Morgan fingerprint density at radius 3 is 0.932 bits per heavy atom. The molecule has 2 atom stereocenters. The van der Waals surface area contributed by atoms with Gasteiger partial charge in [-0.2, -0.15) is 0 Å². The zero-order valence-electron chi connectivity index (χ0n) is 26.6. The summed E-state index contributed by atoms with van der Waals surface area (Å²) in [6.07, 6.45) is 4.63. The Morgan fingerprint density at radius 2 is 0.682 bits per heavy atom. The second-order valence-corrected chi connectivity index (χ2v) is 11.5. The average Bonchev–Trinajstić information content (AvgIpc) is 3.08. The number of nitrogens with zero attached hydrogens (tertiary/aromatic N) is 2. The van der Waals surface area contributed by atoms with Crippen molar-refractivity contribution in [2.45, 2.75) is 63.9 Å². The maximum atomic E-state index is 5.82. The Bertz CT molecular complexity index is 1260. The molecule has 0 unspecified atom stereocenters. The predicted octanol–water partition coefficient (Wildman–Crippen LogP) is 7.74. The van der Waals surface area contributed by atoms with Crippen molar-refractivity contribution in [1.82, 2.24) is 9.80 Å². The van der Waals surface area contributed by atoms with Crippen molar-refractivity contribution in [2.75, 3.05) is 28.4 Å². The quantitative estimate of drug-likeness (QED) is 0.149. The minimum atomic E-state index is 0.308. The van der Waals surface area contributed by atoms with Gasteiger partial charge in [-0.15, -0.1) is 0 Å². The highest BCUT2D eigenvalue weighted by molar-refractivity contribution is 5.37. The maximum Gasteiger partial charge on any atom is 0.123 e. The van der Waals surface area contributed by atoms with Gasteiger partial charge in [-0.05, 0) is 37.1 Å². The first kappa shape index (κ1) is 31.4.